The molecular weight excluding hydrogens is 825 g/mol. The first-order valence-corrected chi connectivity index (χ1v) is 23.5. The van der Waals surface area contributed by atoms with E-state index in [1.807, 2.05) is 96.9 Å². The number of likely N-dealkylation sites (tertiary alicyclic amines) is 1. The summed E-state index contributed by atoms with van der Waals surface area (Å²) in [7, 11) is 8.54. The van der Waals surface area contributed by atoms with Crippen molar-refractivity contribution in [2.75, 3.05) is 47.2 Å². The molecule has 4 N–H and O–H groups in total. The number of rotatable bonds is 24. The molecule has 3 rings (SSSR count). The van der Waals surface area contributed by atoms with Crippen molar-refractivity contribution >= 4 is 35.2 Å². The highest BCUT2D eigenvalue weighted by Crippen LogP contribution is 2.30. The van der Waals surface area contributed by atoms with Gasteiger partial charge in [0.15, 0.2) is 0 Å². The van der Waals surface area contributed by atoms with Gasteiger partial charge in [-0.15, -0.1) is 0 Å². The quantitative estimate of drug-likeness (QED) is 0.109. The Kier molecular flexibility index (Phi) is 21.3. The molecule has 9 atom stereocenters. The van der Waals surface area contributed by atoms with Crippen molar-refractivity contribution in [2.24, 2.45) is 23.7 Å². The van der Waals surface area contributed by atoms with E-state index in [1.165, 1.54) is 0 Å². The zero-order chi connectivity index (χ0) is 48.8. The molecule has 1 aliphatic heterocycles. The maximum absolute atomic E-state index is 14.4. The molecule has 0 radical (unpaired) electrons. The average molecular weight is 907 g/mol. The van der Waals surface area contributed by atoms with Crippen LogP contribution in [0.5, 0.6) is 0 Å². The zero-order valence-electron chi connectivity index (χ0n) is 42.1. The molecule has 5 amide bonds. The molecule has 1 aliphatic rings. The fourth-order valence-electron chi connectivity index (χ4n) is 9.10. The smallest absolute Gasteiger partial charge is 0.245 e. The molecule has 364 valence electrons. The molecule has 1 fully saturated rings. The summed E-state index contributed by atoms with van der Waals surface area (Å²) in [5, 5.41) is 12.5. The molecule has 0 bridgehead atoms. The summed E-state index contributed by atoms with van der Waals surface area (Å²) in [4.78, 5) is 80.0. The fourth-order valence-corrected chi connectivity index (χ4v) is 9.10. The number of pyridine rings is 1. The highest BCUT2D eigenvalue weighted by molar-refractivity contribution is 5.90. The average Bonchev–Trinajstić information content (AvgIpc) is 3.73. The number of methoxy groups -OCH3 is 2. The Morgan fingerprint density at radius 1 is 0.862 bits per heavy atom. The third-order valence-electron chi connectivity index (χ3n) is 12.7. The third-order valence-corrected chi connectivity index (χ3v) is 12.7. The minimum absolute atomic E-state index is 0.00640. The van der Waals surface area contributed by atoms with Crippen LogP contribution in [0, 0.1) is 23.7 Å². The van der Waals surface area contributed by atoms with Gasteiger partial charge in [0, 0.05) is 63.9 Å². The van der Waals surface area contributed by atoms with Crippen LogP contribution in [0.3, 0.4) is 0 Å². The van der Waals surface area contributed by atoms with Gasteiger partial charge in [0.1, 0.15) is 12.1 Å². The van der Waals surface area contributed by atoms with Gasteiger partial charge in [0.2, 0.25) is 29.5 Å². The van der Waals surface area contributed by atoms with Gasteiger partial charge in [-0.3, -0.25) is 33.9 Å². The van der Waals surface area contributed by atoms with Gasteiger partial charge >= 0.3 is 0 Å². The van der Waals surface area contributed by atoms with E-state index in [1.54, 1.807) is 50.3 Å². The summed E-state index contributed by atoms with van der Waals surface area (Å²) in [6.07, 6.45) is 2.54. The van der Waals surface area contributed by atoms with Crippen molar-refractivity contribution in [3.63, 3.8) is 0 Å². The first-order chi connectivity index (χ1) is 30.5. The van der Waals surface area contributed by atoms with E-state index < -0.39 is 48.3 Å². The number of likely N-dealkylation sites (N-methyl/N-ethyl adjacent to an activating group) is 2. The summed E-state index contributed by atoms with van der Waals surface area (Å²) in [5.41, 5.74) is 2.45. The lowest BCUT2D eigenvalue weighted by Gasteiger charge is -2.41. The Hall–Kier alpha value is -4.60. The van der Waals surface area contributed by atoms with Crippen LogP contribution in [-0.4, -0.2) is 139 Å². The Bertz CT molecular complexity index is 1810. The third kappa shape index (κ3) is 15.8. The molecule has 15 nitrogen and oxygen atoms in total. The van der Waals surface area contributed by atoms with Crippen molar-refractivity contribution in [1.29, 1.82) is 0 Å². The van der Waals surface area contributed by atoms with Crippen LogP contribution in [0.1, 0.15) is 106 Å². The van der Waals surface area contributed by atoms with Crippen LogP contribution in [0.15, 0.2) is 48.7 Å². The predicted octanol–water partition coefficient (Wildman–Crippen LogP) is 5.28. The highest BCUT2D eigenvalue weighted by atomic mass is 16.5. The van der Waals surface area contributed by atoms with Crippen molar-refractivity contribution < 1.29 is 33.4 Å². The summed E-state index contributed by atoms with van der Waals surface area (Å²) >= 11 is 0. The lowest BCUT2D eigenvalue weighted by molar-refractivity contribution is -0.148. The molecule has 65 heavy (non-hydrogen) atoms. The van der Waals surface area contributed by atoms with E-state index >= 15 is 0 Å². The van der Waals surface area contributed by atoms with E-state index in [0.717, 1.165) is 17.7 Å². The van der Waals surface area contributed by atoms with E-state index in [-0.39, 0.29) is 72.2 Å². The number of aromatic nitrogens is 1. The number of ether oxygens (including phenoxy) is 2. The highest BCUT2D eigenvalue weighted by Gasteiger charge is 2.43. The molecule has 1 aromatic heterocycles. The molecule has 0 spiro atoms. The van der Waals surface area contributed by atoms with Gasteiger partial charge in [-0.1, -0.05) is 73.1 Å². The van der Waals surface area contributed by atoms with E-state index in [4.69, 9.17) is 9.47 Å². The van der Waals surface area contributed by atoms with Gasteiger partial charge in [-0.25, -0.2) is 0 Å². The SMILES string of the molecule is CC[C@H](C)[C@@H]([C@@H](CC(=O)N1CCC[C@H]1[C@H](OC)[C@@H](C)C(=O)NC(Cc1ccccn1)C(=O)NCc1ccc(NC(C)(C)C)cc1)OC)N(C)C(=O)[C@@H](NC(=O)[C@H](C(C)C)N(C)C)C(C)C. The molecule has 15 heteroatoms. The second-order valence-corrected chi connectivity index (χ2v) is 19.8. The van der Waals surface area contributed by atoms with E-state index in [2.05, 4.69) is 47.0 Å². The fraction of sp³-hybridized carbons (Fsp3) is 0.680. The number of anilines is 1. The van der Waals surface area contributed by atoms with Gasteiger partial charge in [0.05, 0.1) is 42.7 Å². The topological polar surface area (TPSA) is 175 Å². The van der Waals surface area contributed by atoms with Crippen molar-refractivity contribution in [3.8, 4) is 0 Å². The van der Waals surface area contributed by atoms with E-state index in [0.29, 0.717) is 25.1 Å². The van der Waals surface area contributed by atoms with Crippen molar-refractivity contribution in [3.05, 3.63) is 59.9 Å². The van der Waals surface area contributed by atoms with Crippen LogP contribution in [0.25, 0.3) is 0 Å². The molecule has 2 aromatic rings. The Morgan fingerprint density at radius 2 is 1.52 bits per heavy atom. The molecular formula is C50H82N8O7. The summed E-state index contributed by atoms with van der Waals surface area (Å²) in [6, 6.07) is 10.3. The molecule has 1 unspecified atom stereocenters. The molecule has 2 heterocycles. The van der Waals surface area contributed by atoms with Crippen molar-refractivity contribution in [2.45, 2.75) is 156 Å². The monoisotopic (exact) mass is 907 g/mol. The number of carbonyl (C=O) groups is 5. The van der Waals surface area contributed by atoms with Crippen molar-refractivity contribution in [1.82, 2.24) is 35.6 Å². The second kappa shape index (κ2) is 25.3. The lowest BCUT2D eigenvalue weighted by Crippen LogP contribution is -2.59. The Labute approximate surface area is 389 Å². The standard InChI is InChI=1S/C50H82N8O7/c1-16-33(6)44(57(13)49(63)42(31(2)3)54-48(62)43(32(4)5)56(11)12)40(64-14)29-41(59)58-27-19-21-39(58)45(65-15)34(7)46(60)53-38(28-37-20-17-18-26-51-37)47(61)52-30-35-22-24-36(25-23-35)55-50(8,9)10/h17-18,20,22-26,31-34,38-40,42-45,55H,16,19,21,27-30H2,1-15H3,(H,52,61)(H,53,60)(H,54,62)/t33-,34+,38?,39-,40+,42-,43-,44-,45+/m0/s1. The van der Waals surface area contributed by atoms with Crippen LogP contribution in [-0.2, 0) is 46.4 Å². The van der Waals surface area contributed by atoms with Gasteiger partial charge in [0.25, 0.3) is 0 Å². The van der Waals surface area contributed by atoms with Gasteiger partial charge < -0.3 is 40.5 Å². The number of amides is 5. The molecule has 0 saturated carbocycles. The van der Waals surface area contributed by atoms with Crippen LogP contribution in [0.2, 0.25) is 0 Å². The lowest BCUT2D eigenvalue weighted by atomic mass is 9.89. The summed E-state index contributed by atoms with van der Waals surface area (Å²) < 4.78 is 12.1. The van der Waals surface area contributed by atoms with E-state index in [9.17, 15) is 24.0 Å². The first-order valence-electron chi connectivity index (χ1n) is 23.5. The number of nitrogens with zero attached hydrogens (tertiary/aromatic N) is 4. The Morgan fingerprint density at radius 3 is 2.05 bits per heavy atom. The minimum Gasteiger partial charge on any atom is -0.380 e. The summed E-state index contributed by atoms with van der Waals surface area (Å²) in [5.74, 6) is -2.30. The summed E-state index contributed by atoms with van der Waals surface area (Å²) in [6.45, 7) is 20.6. The van der Waals surface area contributed by atoms with Crippen LogP contribution >= 0.6 is 0 Å². The zero-order valence-corrected chi connectivity index (χ0v) is 42.1. The normalized spacial score (nSPS) is 18.0. The largest absolute Gasteiger partial charge is 0.380 e. The van der Waals surface area contributed by atoms with Crippen LogP contribution in [0.4, 0.5) is 5.69 Å². The second-order valence-electron chi connectivity index (χ2n) is 19.8. The number of benzene rings is 1. The number of carbonyl (C=O) groups excluding carboxylic acids is 5. The first kappa shape index (κ1) is 54.7. The van der Waals surface area contributed by atoms with Gasteiger partial charge in [-0.2, -0.15) is 0 Å². The minimum atomic E-state index is -0.923. The molecule has 0 aliphatic carbocycles. The maximum atomic E-state index is 14.4. The molecule has 1 aromatic carbocycles. The number of hydrogen-bond donors (Lipinski definition) is 4. The van der Waals surface area contributed by atoms with Gasteiger partial charge in [-0.05, 0) is 95.3 Å². The maximum Gasteiger partial charge on any atom is 0.245 e. The molecule has 1 saturated heterocycles. The van der Waals surface area contributed by atoms with Crippen LogP contribution < -0.4 is 21.3 Å². The number of hydrogen-bond acceptors (Lipinski definition) is 10. The predicted molar refractivity (Wildman–Crippen MR) is 257 cm³/mol. The Balaban J connectivity index is 1.79. The number of nitrogens with one attached hydrogen (secondary N) is 4.